The van der Waals surface area contributed by atoms with Gasteiger partial charge in [0.05, 0.1) is 57.1 Å². The number of fused-ring (bicyclic) bond motifs is 5. The van der Waals surface area contributed by atoms with E-state index in [4.69, 9.17) is 35.3 Å². The van der Waals surface area contributed by atoms with Gasteiger partial charge in [-0.15, -0.1) is 0 Å². The number of methoxy groups -OCH3 is 3. The summed E-state index contributed by atoms with van der Waals surface area (Å²) >= 11 is 6.64. The second-order valence-electron chi connectivity index (χ2n) is 17.7. The SMILES string of the molecule is CC(C=O)N(C)C.CCOCC=O.CNCCNC(=O)CNC(=O)CNC(=O)CNC=O.COc1cc2cc(c1Cl)N(C)C(=O)CC(OC)C1(C)OC1C(C)C1CC(O)(NC(=O)O1)C(OC)/C=C/C=C(\C)C2.NOCC=O. The van der Waals surface area contributed by atoms with Gasteiger partial charge in [0.2, 0.25) is 30.0 Å². The van der Waals surface area contributed by atoms with Gasteiger partial charge in [0.1, 0.15) is 60.7 Å². The lowest BCUT2D eigenvalue weighted by molar-refractivity contribution is -0.142. The number of anilines is 1. The normalized spacial score (nSPS) is 23.9. The fourth-order valence-electron chi connectivity index (χ4n) is 7.10. The van der Waals surface area contributed by atoms with Crippen molar-refractivity contribution in [3.63, 3.8) is 0 Å². The molecule has 8 unspecified atom stereocenters. The molecule has 77 heavy (non-hydrogen) atoms. The first kappa shape index (κ1) is 71.1. The van der Waals surface area contributed by atoms with E-state index < -0.39 is 47.5 Å². The van der Waals surface area contributed by atoms with Crippen LogP contribution in [-0.4, -0.2) is 209 Å². The number of rotatable bonds is 20. The molecule has 1 aromatic carbocycles. The quantitative estimate of drug-likeness (QED) is 0.0353. The van der Waals surface area contributed by atoms with Gasteiger partial charge in [-0.3, -0.25) is 34.1 Å². The highest BCUT2D eigenvalue weighted by Gasteiger charge is 2.63. The van der Waals surface area contributed by atoms with E-state index in [1.54, 1.807) is 26.2 Å². The summed E-state index contributed by atoms with van der Waals surface area (Å²) in [5.74, 6) is 3.07. The van der Waals surface area contributed by atoms with Crippen LogP contribution in [0.4, 0.5) is 10.5 Å². The highest BCUT2D eigenvalue weighted by Crippen LogP contribution is 2.49. The number of alkyl carbamates (subject to hydrolysis) is 1. The van der Waals surface area contributed by atoms with Crippen molar-refractivity contribution in [1.29, 1.82) is 0 Å². The second kappa shape index (κ2) is 38.6. The first-order valence-electron chi connectivity index (χ1n) is 24.4. The number of carbonyl (C=O) groups is 9. The molecule has 8 atom stereocenters. The average molecular weight is 1120 g/mol. The Morgan fingerprint density at radius 1 is 1.00 bits per heavy atom. The van der Waals surface area contributed by atoms with Gasteiger partial charge in [0.15, 0.2) is 5.72 Å². The zero-order valence-corrected chi connectivity index (χ0v) is 47.0. The third kappa shape index (κ3) is 26.3. The van der Waals surface area contributed by atoms with E-state index in [0.717, 1.165) is 23.7 Å². The third-order valence-corrected chi connectivity index (χ3v) is 12.1. The van der Waals surface area contributed by atoms with Crippen LogP contribution in [0.5, 0.6) is 5.75 Å². The van der Waals surface area contributed by atoms with Crippen LogP contribution in [0.3, 0.4) is 0 Å². The van der Waals surface area contributed by atoms with Crippen LogP contribution in [0.2, 0.25) is 5.02 Å². The third-order valence-electron chi connectivity index (χ3n) is 11.7. The van der Waals surface area contributed by atoms with E-state index in [1.807, 2.05) is 71.8 Å². The van der Waals surface area contributed by atoms with Crippen molar-refractivity contribution in [2.24, 2.45) is 11.8 Å². The first-order chi connectivity index (χ1) is 36.5. The molecule has 4 rings (SSSR count). The summed E-state index contributed by atoms with van der Waals surface area (Å²) in [7, 11) is 11.7. The molecular formula is C50H82ClN9O17. The number of aldehydes is 3. The Morgan fingerprint density at radius 3 is 2.10 bits per heavy atom. The number of halogens is 1. The van der Waals surface area contributed by atoms with E-state index in [1.165, 1.54) is 26.2 Å². The van der Waals surface area contributed by atoms with Crippen LogP contribution >= 0.6 is 11.6 Å². The van der Waals surface area contributed by atoms with Gasteiger partial charge in [0, 0.05) is 53.3 Å². The maximum Gasteiger partial charge on any atom is 0.409 e. The predicted octanol–water partition coefficient (Wildman–Crippen LogP) is -0.496. The largest absolute Gasteiger partial charge is 0.495 e. The van der Waals surface area contributed by atoms with Gasteiger partial charge in [-0.1, -0.05) is 42.3 Å². The van der Waals surface area contributed by atoms with E-state index in [9.17, 15) is 48.3 Å². The molecule has 3 aliphatic rings. The standard InChI is InChI=1S/C29H39ClN2O8.C10H19N5O4.C5H11NO.C4H8O2.C2H5NO2/c1-16-9-8-10-22(37-6)29(35)15-21(39-27(34)31-29)17(2)26-28(3,40-26)23(38-7)14-24(33)32(4)19-12-18(11-16)13-20(36-5)25(19)30;1-11-2-3-13-9(18)5-15-10(19)6-14-8(17)4-12-7-16;1-5(4-7)6(2)3;1-2-6-4-3-5;3-5-2-1-4/h8-10,12-13,17,21-23,26,35H,11,14-15H2,1-7H3,(H,31,34);7,11H,2-6H2,1H3,(H,12,16)(H,13,18)(H,14,17)(H,15,19);4-5H,1-3H3;3H,2,4H2,1H3;1H,2-3H2/b10-8+,16-9+;;;;. The minimum absolute atomic E-state index is 0.0139. The minimum Gasteiger partial charge on any atom is -0.495 e. The van der Waals surface area contributed by atoms with E-state index in [0.29, 0.717) is 55.3 Å². The van der Waals surface area contributed by atoms with Crippen LogP contribution < -0.4 is 47.4 Å². The minimum atomic E-state index is -1.70. The number of epoxide rings is 1. The fourth-order valence-corrected chi connectivity index (χ4v) is 7.41. The highest BCUT2D eigenvalue weighted by atomic mass is 35.5. The first-order valence-corrected chi connectivity index (χ1v) is 24.8. The molecule has 2 fully saturated rings. The molecule has 2 saturated heterocycles. The van der Waals surface area contributed by atoms with Gasteiger partial charge in [-0.05, 0) is 73.0 Å². The fraction of sp³-hybridized carbons (Fsp3) is 0.620. The van der Waals surface area contributed by atoms with E-state index in [2.05, 4.69) is 47.4 Å². The predicted molar refractivity (Wildman–Crippen MR) is 285 cm³/mol. The Morgan fingerprint density at radius 2 is 1.62 bits per heavy atom. The molecule has 3 aliphatic heterocycles. The van der Waals surface area contributed by atoms with Crippen molar-refractivity contribution in [3.8, 4) is 5.75 Å². The lowest BCUT2D eigenvalue weighted by Gasteiger charge is -2.42. The highest BCUT2D eigenvalue weighted by molar-refractivity contribution is 6.35. The molecule has 26 nitrogen and oxygen atoms in total. The monoisotopic (exact) mass is 1120 g/mol. The number of nitrogens with one attached hydrogen (secondary N) is 6. The lowest BCUT2D eigenvalue weighted by Crippen LogP contribution is -2.63. The molecular weight excluding hydrogens is 1030 g/mol. The summed E-state index contributed by atoms with van der Waals surface area (Å²) < 4.78 is 33.2. The van der Waals surface area contributed by atoms with Crippen molar-refractivity contribution in [2.75, 3.05) is 107 Å². The topological polar surface area (TPSA) is 346 Å². The number of aliphatic hydroxyl groups is 1. The van der Waals surface area contributed by atoms with Gasteiger partial charge in [-0.2, -0.15) is 0 Å². The molecule has 0 saturated carbocycles. The summed E-state index contributed by atoms with van der Waals surface area (Å²) in [5, 5.41) is 26.6. The maximum atomic E-state index is 13.5. The molecule has 0 aromatic heterocycles. The number of nitrogens with zero attached hydrogens (tertiary/aromatic N) is 2. The molecule has 6 amide bonds. The molecule has 27 heteroatoms. The van der Waals surface area contributed by atoms with Gasteiger partial charge in [-0.25, -0.2) is 10.7 Å². The van der Waals surface area contributed by atoms with Gasteiger partial charge >= 0.3 is 6.09 Å². The number of hydrogen-bond acceptors (Lipinski definition) is 20. The number of hydrogen-bond donors (Lipinski definition) is 8. The lowest BCUT2D eigenvalue weighted by atomic mass is 9.83. The number of nitrogens with two attached hydrogens (primary N) is 1. The van der Waals surface area contributed by atoms with Crippen molar-refractivity contribution in [1.82, 2.24) is 36.8 Å². The number of benzene rings is 1. The number of likely N-dealkylation sites (N-methyl/N-ethyl adjacent to an activating group) is 2. The van der Waals surface area contributed by atoms with Crippen molar-refractivity contribution in [2.45, 2.75) is 95.7 Å². The molecule has 3 heterocycles. The number of allylic oxidation sites excluding steroid dienone is 3. The Labute approximate surface area is 456 Å². The van der Waals surface area contributed by atoms with Crippen molar-refractivity contribution < 1.29 is 81.5 Å². The van der Waals surface area contributed by atoms with Crippen LogP contribution in [0, 0.1) is 5.92 Å². The summed E-state index contributed by atoms with van der Waals surface area (Å²) in [4.78, 5) is 105. The summed E-state index contributed by atoms with van der Waals surface area (Å²) in [5.41, 5.74) is -0.0990. The Kier molecular flexibility index (Phi) is 35.6. The number of amides is 6. The smallest absolute Gasteiger partial charge is 0.409 e. The van der Waals surface area contributed by atoms with Crippen LogP contribution in [-0.2, 0) is 73.3 Å². The van der Waals surface area contributed by atoms with E-state index >= 15 is 0 Å². The Balaban J connectivity index is 0.00000128. The van der Waals surface area contributed by atoms with Crippen LogP contribution in [0.1, 0.15) is 53.0 Å². The van der Waals surface area contributed by atoms with Crippen LogP contribution in [0.25, 0.3) is 0 Å². The van der Waals surface area contributed by atoms with Crippen molar-refractivity contribution in [3.05, 3.63) is 46.5 Å². The summed E-state index contributed by atoms with van der Waals surface area (Å²) in [6.07, 6.45) is 5.43. The molecule has 4 bridgehead atoms. The van der Waals surface area contributed by atoms with E-state index in [-0.39, 0.29) is 75.6 Å². The molecule has 0 radical (unpaired) electrons. The Hall–Kier alpha value is -5.94. The van der Waals surface area contributed by atoms with Gasteiger partial charge < -0.3 is 84.3 Å². The average Bonchev–Trinajstić information content (AvgIpc) is 4.10. The maximum absolute atomic E-state index is 13.5. The Bertz CT molecular complexity index is 2090. The zero-order chi connectivity index (χ0) is 58.7. The second-order valence-corrected chi connectivity index (χ2v) is 18.1. The van der Waals surface area contributed by atoms with Gasteiger partial charge in [0.25, 0.3) is 0 Å². The van der Waals surface area contributed by atoms with Crippen molar-refractivity contribution >= 4 is 72.3 Å². The summed E-state index contributed by atoms with van der Waals surface area (Å²) in [6, 6.07) is 3.77. The molecule has 436 valence electrons. The molecule has 1 aromatic rings. The molecule has 9 N–H and O–H groups in total. The summed E-state index contributed by atoms with van der Waals surface area (Å²) in [6.45, 7) is 10.8. The van der Waals surface area contributed by atoms with Crippen LogP contribution in [0.15, 0.2) is 35.9 Å². The zero-order valence-electron chi connectivity index (χ0n) is 46.3. The molecule has 0 spiro atoms. The number of carbonyl (C=O) groups excluding carboxylic acids is 9. The number of ether oxygens (including phenoxy) is 6. The molecule has 0 aliphatic carbocycles.